The van der Waals surface area contributed by atoms with Gasteiger partial charge in [0, 0.05) is 17.9 Å². The quantitative estimate of drug-likeness (QED) is 0.485. The van der Waals surface area contributed by atoms with Gasteiger partial charge in [0.25, 0.3) is 0 Å². The van der Waals surface area contributed by atoms with Crippen molar-refractivity contribution in [3.63, 3.8) is 0 Å². The highest BCUT2D eigenvalue weighted by Gasteiger charge is 2.48. The van der Waals surface area contributed by atoms with Crippen molar-refractivity contribution in [1.29, 1.82) is 0 Å². The summed E-state index contributed by atoms with van der Waals surface area (Å²) in [4.78, 5) is 0. The summed E-state index contributed by atoms with van der Waals surface area (Å²) in [7, 11) is -1.20. The first-order chi connectivity index (χ1) is 5.37. The highest BCUT2D eigenvalue weighted by Crippen LogP contribution is 2.51. The zero-order valence-corrected chi connectivity index (χ0v) is 9.44. The molecule has 0 bridgehead atoms. The van der Waals surface area contributed by atoms with E-state index in [9.17, 15) is 0 Å². The first kappa shape index (κ1) is 9.82. The predicted molar refractivity (Wildman–Crippen MR) is 54.4 cm³/mol. The van der Waals surface area contributed by atoms with Crippen molar-refractivity contribution in [3.05, 3.63) is 0 Å². The van der Waals surface area contributed by atoms with E-state index < -0.39 is 8.07 Å². The van der Waals surface area contributed by atoms with Gasteiger partial charge in [-0.05, 0) is 6.42 Å². The molecule has 0 radical (unpaired) electrons. The molecule has 2 heteroatoms. The summed E-state index contributed by atoms with van der Waals surface area (Å²) >= 11 is 0. The van der Waals surface area contributed by atoms with Gasteiger partial charge in [0.05, 0.1) is 0 Å². The molecule has 0 heterocycles. The van der Waals surface area contributed by atoms with E-state index in [4.69, 9.17) is 5.11 Å². The van der Waals surface area contributed by atoms with Crippen molar-refractivity contribution in [2.24, 2.45) is 11.3 Å². The fraction of sp³-hybridized carbons (Fsp3) is 0.800. The molecule has 1 fully saturated rings. The average molecular weight is 182 g/mol. The molecule has 1 saturated carbocycles. The molecule has 1 N–H and O–H groups in total. The van der Waals surface area contributed by atoms with Gasteiger partial charge in [-0.25, -0.2) is 0 Å². The maximum atomic E-state index is 9.01. The van der Waals surface area contributed by atoms with Crippen LogP contribution in [0.3, 0.4) is 0 Å². The van der Waals surface area contributed by atoms with Gasteiger partial charge in [-0.15, -0.1) is 11.5 Å². The molecule has 0 saturated heterocycles. The number of hydrogen-bond acceptors (Lipinski definition) is 1. The Morgan fingerprint density at radius 2 is 2.08 bits per heavy atom. The minimum atomic E-state index is -1.20. The van der Waals surface area contributed by atoms with Crippen molar-refractivity contribution >= 4 is 8.07 Å². The van der Waals surface area contributed by atoms with E-state index in [1.165, 1.54) is 0 Å². The minimum absolute atomic E-state index is 0.132. The van der Waals surface area contributed by atoms with E-state index in [2.05, 4.69) is 38.0 Å². The molecule has 0 aliphatic heterocycles. The van der Waals surface area contributed by atoms with Crippen LogP contribution in [0.1, 0.15) is 13.3 Å². The Hall–Kier alpha value is -0.263. The van der Waals surface area contributed by atoms with Crippen molar-refractivity contribution < 1.29 is 5.11 Å². The summed E-state index contributed by atoms with van der Waals surface area (Å²) in [5.74, 6) is 3.76. The Balaban J connectivity index is 2.50. The molecule has 2 atom stereocenters. The van der Waals surface area contributed by atoms with Gasteiger partial charge in [0.2, 0.25) is 0 Å². The lowest BCUT2D eigenvalue weighted by Crippen LogP contribution is -2.16. The second-order valence-corrected chi connectivity index (χ2v) is 9.84. The number of aliphatic hydroxyl groups excluding tert-OH is 1. The fourth-order valence-electron chi connectivity index (χ4n) is 1.11. The Bertz CT molecular complexity index is 230. The lowest BCUT2D eigenvalue weighted by atomic mass is 10.1. The third-order valence-corrected chi connectivity index (χ3v) is 3.23. The number of aliphatic hydroxyl groups is 1. The molecule has 0 unspecified atom stereocenters. The normalized spacial score (nSPS) is 33.9. The van der Waals surface area contributed by atoms with Gasteiger partial charge in [0.15, 0.2) is 0 Å². The first-order valence-corrected chi connectivity index (χ1v) is 8.01. The van der Waals surface area contributed by atoms with Crippen LogP contribution in [0.2, 0.25) is 19.6 Å². The summed E-state index contributed by atoms with van der Waals surface area (Å²) in [6.07, 6.45) is 1.08. The maximum Gasteiger partial charge on any atom is 0.129 e. The predicted octanol–water partition coefficient (Wildman–Crippen LogP) is 1.89. The molecule has 1 nitrogen and oxygen atoms in total. The molecule has 1 rings (SSSR count). The highest BCUT2D eigenvalue weighted by molar-refractivity contribution is 6.83. The van der Waals surface area contributed by atoms with Crippen LogP contribution in [0.4, 0.5) is 0 Å². The van der Waals surface area contributed by atoms with E-state index in [1.807, 2.05) is 0 Å². The zero-order chi connectivity index (χ0) is 9.41. The van der Waals surface area contributed by atoms with Gasteiger partial charge in [-0.2, -0.15) is 0 Å². The SMILES string of the molecule is C[C@@]1(CO)C[C@H]1C#C[Si](C)(C)C. The molecular weight excluding hydrogens is 164 g/mol. The molecule has 0 aromatic carbocycles. The van der Waals surface area contributed by atoms with Crippen LogP contribution in [0.25, 0.3) is 0 Å². The molecule has 1 aliphatic rings. The van der Waals surface area contributed by atoms with Crippen LogP contribution in [0.15, 0.2) is 0 Å². The van der Waals surface area contributed by atoms with Gasteiger partial charge in [-0.3, -0.25) is 0 Å². The molecule has 68 valence electrons. The van der Waals surface area contributed by atoms with Crippen LogP contribution in [0, 0.1) is 22.8 Å². The van der Waals surface area contributed by atoms with Gasteiger partial charge in [0.1, 0.15) is 8.07 Å². The second kappa shape index (κ2) is 2.90. The van der Waals surface area contributed by atoms with E-state index in [-0.39, 0.29) is 12.0 Å². The van der Waals surface area contributed by atoms with Crippen LogP contribution >= 0.6 is 0 Å². The fourth-order valence-corrected chi connectivity index (χ4v) is 1.72. The minimum Gasteiger partial charge on any atom is -0.396 e. The Labute approximate surface area is 76.2 Å². The van der Waals surface area contributed by atoms with Gasteiger partial charge < -0.3 is 5.11 Å². The molecule has 12 heavy (non-hydrogen) atoms. The summed E-state index contributed by atoms with van der Waals surface area (Å²) in [5.41, 5.74) is 3.48. The largest absolute Gasteiger partial charge is 0.396 e. The van der Waals surface area contributed by atoms with E-state index >= 15 is 0 Å². The molecule has 0 aromatic rings. The van der Waals surface area contributed by atoms with Crippen LogP contribution in [-0.4, -0.2) is 19.8 Å². The van der Waals surface area contributed by atoms with E-state index in [0.29, 0.717) is 5.92 Å². The standard InChI is InChI=1S/C10H18OSi/c1-10(8-11)7-9(10)5-6-12(2,3)4/h9,11H,7-8H2,1-4H3/t9-,10+/m1/s1. The van der Waals surface area contributed by atoms with Crippen molar-refractivity contribution in [1.82, 2.24) is 0 Å². The number of rotatable bonds is 1. The number of hydrogen-bond donors (Lipinski definition) is 1. The third-order valence-electron chi connectivity index (χ3n) is 2.33. The zero-order valence-electron chi connectivity index (χ0n) is 8.44. The Kier molecular flexibility index (Phi) is 2.37. The molecule has 0 aromatic heterocycles. The van der Waals surface area contributed by atoms with Crippen molar-refractivity contribution in [3.8, 4) is 11.5 Å². The van der Waals surface area contributed by atoms with E-state index in [1.54, 1.807) is 0 Å². The summed E-state index contributed by atoms with van der Waals surface area (Å²) in [6, 6.07) is 0. The van der Waals surface area contributed by atoms with E-state index in [0.717, 1.165) is 6.42 Å². The molecule has 0 spiro atoms. The Morgan fingerprint density at radius 3 is 2.42 bits per heavy atom. The molecule has 1 aliphatic carbocycles. The topological polar surface area (TPSA) is 20.2 Å². The highest BCUT2D eigenvalue weighted by atomic mass is 28.3. The average Bonchev–Trinajstić information content (AvgIpc) is 2.58. The van der Waals surface area contributed by atoms with Gasteiger partial charge >= 0.3 is 0 Å². The Morgan fingerprint density at radius 1 is 1.50 bits per heavy atom. The summed E-state index contributed by atoms with van der Waals surface area (Å²) < 4.78 is 0. The third kappa shape index (κ3) is 2.36. The lowest BCUT2D eigenvalue weighted by molar-refractivity contribution is 0.218. The van der Waals surface area contributed by atoms with Crippen LogP contribution in [0.5, 0.6) is 0 Å². The molecule has 0 amide bonds. The maximum absolute atomic E-state index is 9.01. The molecular formula is C10H18OSi. The van der Waals surface area contributed by atoms with Crippen LogP contribution < -0.4 is 0 Å². The lowest BCUT2D eigenvalue weighted by Gasteiger charge is -2.04. The first-order valence-electron chi connectivity index (χ1n) is 4.51. The van der Waals surface area contributed by atoms with Crippen molar-refractivity contribution in [2.75, 3.05) is 6.61 Å². The second-order valence-electron chi connectivity index (χ2n) is 5.09. The smallest absolute Gasteiger partial charge is 0.129 e. The van der Waals surface area contributed by atoms with Crippen LogP contribution in [-0.2, 0) is 0 Å². The monoisotopic (exact) mass is 182 g/mol. The van der Waals surface area contributed by atoms with Crippen molar-refractivity contribution in [2.45, 2.75) is 33.0 Å². The summed E-state index contributed by atoms with van der Waals surface area (Å²) in [6.45, 7) is 9.14. The summed E-state index contributed by atoms with van der Waals surface area (Å²) in [5, 5.41) is 9.01. The van der Waals surface area contributed by atoms with Gasteiger partial charge in [-0.1, -0.05) is 26.6 Å².